The third-order valence-electron chi connectivity index (χ3n) is 4.60. The molecule has 0 aliphatic carbocycles. The first-order valence-corrected chi connectivity index (χ1v) is 7.85. The van der Waals surface area contributed by atoms with Gasteiger partial charge in [-0.3, -0.25) is 9.69 Å². The lowest BCUT2D eigenvalue weighted by molar-refractivity contribution is 0.0533. The molecule has 0 N–H and O–H groups in total. The number of hydrogen-bond acceptors (Lipinski definition) is 3. The van der Waals surface area contributed by atoms with Crippen molar-refractivity contribution >= 4 is 5.91 Å². The molecule has 1 amide bonds. The minimum Gasteiger partial charge on any atom is -0.496 e. The predicted octanol–water partition coefficient (Wildman–Crippen LogP) is 2.16. The molecule has 0 spiro atoms. The number of likely N-dealkylation sites (N-methyl/N-ethyl adjacent to an activating group) is 1. The first-order valence-electron chi connectivity index (χ1n) is 7.85. The molecule has 5 nitrogen and oxygen atoms in total. The zero-order valence-corrected chi connectivity index (χ0v) is 13.9. The number of para-hydroxylation sites is 1. The molecule has 23 heavy (non-hydrogen) atoms. The van der Waals surface area contributed by atoms with E-state index in [1.54, 1.807) is 7.11 Å². The van der Waals surface area contributed by atoms with Crippen LogP contribution >= 0.6 is 0 Å². The second-order valence-electron chi connectivity index (χ2n) is 5.99. The van der Waals surface area contributed by atoms with Gasteiger partial charge in [0.15, 0.2) is 0 Å². The lowest BCUT2D eigenvalue weighted by Gasteiger charge is -2.40. The molecule has 5 heteroatoms. The van der Waals surface area contributed by atoms with Gasteiger partial charge in [0, 0.05) is 38.4 Å². The van der Waals surface area contributed by atoms with Gasteiger partial charge in [0.2, 0.25) is 0 Å². The summed E-state index contributed by atoms with van der Waals surface area (Å²) in [6.45, 7) is 2.26. The van der Waals surface area contributed by atoms with E-state index < -0.39 is 0 Å². The topological polar surface area (TPSA) is 37.7 Å². The van der Waals surface area contributed by atoms with E-state index in [0.29, 0.717) is 6.54 Å². The maximum absolute atomic E-state index is 12.8. The Labute approximate surface area is 137 Å². The van der Waals surface area contributed by atoms with Crippen LogP contribution < -0.4 is 4.74 Å². The van der Waals surface area contributed by atoms with Gasteiger partial charge in [0.05, 0.1) is 13.2 Å². The molecule has 1 aliphatic rings. The SMILES string of the molecule is COc1ccccc1[C@@H]1CN(C(=O)c2cccn2C)CCN1C. The van der Waals surface area contributed by atoms with Gasteiger partial charge < -0.3 is 14.2 Å². The Morgan fingerprint density at radius 3 is 2.61 bits per heavy atom. The van der Waals surface area contributed by atoms with Crippen molar-refractivity contribution in [2.45, 2.75) is 6.04 Å². The highest BCUT2D eigenvalue weighted by Gasteiger charge is 2.31. The number of nitrogens with zero attached hydrogens (tertiary/aromatic N) is 3. The normalized spacial score (nSPS) is 18.9. The highest BCUT2D eigenvalue weighted by atomic mass is 16.5. The average molecular weight is 313 g/mol. The smallest absolute Gasteiger partial charge is 0.270 e. The first-order chi connectivity index (χ1) is 11.1. The Kier molecular flexibility index (Phi) is 4.39. The molecular weight excluding hydrogens is 290 g/mol. The Morgan fingerprint density at radius 1 is 1.13 bits per heavy atom. The fourth-order valence-electron chi connectivity index (χ4n) is 3.18. The summed E-state index contributed by atoms with van der Waals surface area (Å²) in [7, 11) is 5.69. The number of rotatable bonds is 3. The summed E-state index contributed by atoms with van der Waals surface area (Å²) in [6, 6.07) is 12.0. The van der Waals surface area contributed by atoms with Crippen LogP contribution in [0.25, 0.3) is 0 Å². The van der Waals surface area contributed by atoms with Gasteiger partial charge >= 0.3 is 0 Å². The van der Waals surface area contributed by atoms with Crippen molar-refractivity contribution in [1.29, 1.82) is 0 Å². The van der Waals surface area contributed by atoms with Crippen LogP contribution in [0.1, 0.15) is 22.1 Å². The third-order valence-corrected chi connectivity index (χ3v) is 4.60. The van der Waals surface area contributed by atoms with E-state index in [1.165, 1.54) is 0 Å². The maximum Gasteiger partial charge on any atom is 0.270 e. The number of aryl methyl sites for hydroxylation is 1. The summed E-state index contributed by atoms with van der Waals surface area (Å²) in [4.78, 5) is 17.0. The van der Waals surface area contributed by atoms with E-state index in [4.69, 9.17) is 4.74 Å². The number of carbonyl (C=O) groups excluding carboxylic acids is 1. The highest BCUT2D eigenvalue weighted by molar-refractivity contribution is 5.92. The summed E-state index contributed by atoms with van der Waals surface area (Å²) in [6.07, 6.45) is 1.90. The monoisotopic (exact) mass is 313 g/mol. The van der Waals surface area contributed by atoms with E-state index in [-0.39, 0.29) is 11.9 Å². The fraction of sp³-hybridized carbons (Fsp3) is 0.389. The zero-order chi connectivity index (χ0) is 16.4. The van der Waals surface area contributed by atoms with Crippen molar-refractivity contribution in [3.63, 3.8) is 0 Å². The van der Waals surface area contributed by atoms with Crippen LogP contribution in [0.4, 0.5) is 0 Å². The van der Waals surface area contributed by atoms with Crippen molar-refractivity contribution in [2.24, 2.45) is 7.05 Å². The number of aromatic nitrogens is 1. The number of piperazine rings is 1. The van der Waals surface area contributed by atoms with Gasteiger partial charge in [-0.2, -0.15) is 0 Å². The van der Waals surface area contributed by atoms with E-state index in [1.807, 2.05) is 53.0 Å². The highest BCUT2D eigenvalue weighted by Crippen LogP contribution is 2.31. The molecule has 1 aromatic carbocycles. The van der Waals surface area contributed by atoms with Crippen molar-refractivity contribution < 1.29 is 9.53 Å². The maximum atomic E-state index is 12.8. The number of benzene rings is 1. The molecule has 2 heterocycles. The fourth-order valence-corrected chi connectivity index (χ4v) is 3.18. The molecule has 0 saturated carbocycles. The molecule has 0 radical (unpaired) electrons. The molecule has 1 aromatic heterocycles. The van der Waals surface area contributed by atoms with Gasteiger partial charge in [-0.25, -0.2) is 0 Å². The van der Waals surface area contributed by atoms with Gasteiger partial charge in [0.25, 0.3) is 5.91 Å². The molecule has 0 unspecified atom stereocenters. The first kappa shape index (κ1) is 15.6. The molecule has 1 atom stereocenters. The Hall–Kier alpha value is -2.27. The van der Waals surface area contributed by atoms with E-state index in [0.717, 1.165) is 30.1 Å². The lowest BCUT2D eigenvalue weighted by atomic mass is 10.0. The molecule has 1 aliphatic heterocycles. The second-order valence-corrected chi connectivity index (χ2v) is 5.99. The average Bonchev–Trinajstić information content (AvgIpc) is 3.00. The standard InChI is InChI=1S/C18H23N3O2/c1-19-10-6-8-15(19)18(22)21-12-11-20(2)16(13-21)14-7-4-5-9-17(14)23-3/h4-10,16H,11-13H2,1-3H3/t16-/m0/s1. The van der Waals surface area contributed by atoms with Crippen LogP contribution in [0.5, 0.6) is 5.75 Å². The van der Waals surface area contributed by atoms with E-state index in [2.05, 4.69) is 18.0 Å². The van der Waals surface area contributed by atoms with Gasteiger partial charge in [-0.05, 0) is 25.2 Å². The quantitative estimate of drug-likeness (QED) is 0.871. The summed E-state index contributed by atoms with van der Waals surface area (Å²) < 4.78 is 7.37. The Bertz CT molecular complexity index is 695. The Morgan fingerprint density at radius 2 is 1.91 bits per heavy atom. The number of carbonyl (C=O) groups is 1. The van der Waals surface area contributed by atoms with Crippen LogP contribution in [-0.4, -0.2) is 54.1 Å². The molecule has 2 aromatic rings. The van der Waals surface area contributed by atoms with Crippen molar-refractivity contribution in [1.82, 2.24) is 14.4 Å². The van der Waals surface area contributed by atoms with Gasteiger partial charge in [0.1, 0.15) is 11.4 Å². The number of amides is 1. The van der Waals surface area contributed by atoms with Gasteiger partial charge in [-0.15, -0.1) is 0 Å². The molecular formula is C18H23N3O2. The summed E-state index contributed by atoms with van der Waals surface area (Å²) in [5.41, 5.74) is 1.86. The Balaban J connectivity index is 1.85. The van der Waals surface area contributed by atoms with Crippen LogP contribution in [-0.2, 0) is 7.05 Å². The van der Waals surface area contributed by atoms with Crippen molar-refractivity contribution in [3.8, 4) is 5.75 Å². The van der Waals surface area contributed by atoms with Crippen LogP contribution in [0.15, 0.2) is 42.6 Å². The van der Waals surface area contributed by atoms with Crippen LogP contribution in [0.2, 0.25) is 0 Å². The lowest BCUT2D eigenvalue weighted by Crippen LogP contribution is -2.49. The number of hydrogen-bond donors (Lipinski definition) is 0. The second kappa shape index (κ2) is 6.46. The van der Waals surface area contributed by atoms with Crippen LogP contribution in [0, 0.1) is 0 Å². The molecule has 1 fully saturated rings. The summed E-state index contributed by atoms with van der Waals surface area (Å²) >= 11 is 0. The third kappa shape index (κ3) is 2.97. The van der Waals surface area contributed by atoms with E-state index >= 15 is 0 Å². The number of methoxy groups -OCH3 is 1. The predicted molar refractivity (Wildman–Crippen MR) is 89.7 cm³/mol. The minimum absolute atomic E-state index is 0.0884. The zero-order valence-electron chi connectivity index (χ0n) is 13.9. The molecule has 0 bridgehead atoms. The van der Waals surface area contributed by atoms with E-state index in [9.17, 15) is 4.79 Å². The van der Waals surface area contributed by atoms with Crippen LogP contribution in [0.3, 0.4) is 0 Å². The minimum atomic E-state index is 0.0884. The summed E-state index contributed by atoms with van der Waals surface area (Å²) in [5.74, 6) is 0.961. The largest absolute Gasteiger partial charge is 0.496 e. The molecule has 1 saturated heterocycles. The van der Waals surface area contributed by atoms with Crippen molar-refractivity contribution in [3.05, 3.63) is 53.9 Å². The molecule has 122 valence electrons. The molecule has 3 rings (SSSR count). The summed E-state index contributed by atoms with van der Waals surface area (Å²) in [5, 5.41) is 0. The number of ether oxygens (including phenoxy) is 1. The van der Waals surface area contributed by atoms with Gasteiger partial charge in [-0.1, -0.05) is 18.2 Å². The van der Waals surface area contributed by atoms with Crippen molar-refractivity contribution in [2.75, 3.05) is 33.8 Å².